The van der Waals surface area contributed by atoms with Gasteiger partial charge in [-0.05, 0) is 12.1 Å². The minimum absolute atomic E-state index is 0.109. The van der Waals surface area contributed by atoms with Gasteiger partial charge >= 0.3 is 0 Å². The number of rotatable bonds is 3. The maximum Gasteiger partial charge on any atom is 0.295 e. The number of anilines is 2. The van der Waals surface area contributed by atoms with E-state index in [0.29, 0.717) is 33.5 Å². The molecule has 0 saturated carbocycles. The summed E-state index contributed by atoms with van der Waals surface area (Å²) >= 11 is 0. The van der Waals surface area contributed by atoms with Crippen LogP contribution in [0.3, 0.4) is 0 Å². The van der Waals surface area contributed by atoms with E-state index >= 15 is 0 Å². The highest BCUT2D eigenvalue weighted by Crippen LogP contribution is 2.26. The third kappa shape index (κ3) is 2.72. The second kappa shape index (κ2) is 6.46. The second-order valence-electron chi connectivity index (χ2n) is 5.96. The number of para-hydroxylation sites is 1. The molecule has 5 rings (SSSR count). The van der Waals surface area contributed by atoms with Crippen molar-refractivity contribution in [1.29, 1.82) is 5.26 Å². The lowest BCUT2D eigenvalue weighted by atomic mass is 10.1. The van der Waals surface area contributed by atoms with Gasteiger partial charge in [0, 0.05) is 24.0 Å². The topological polar surface area (TPSA) is 150 Å². The Morgan fingerprint density at radius 3 is 2.93 bits per heavy atom. The maximum atomic E-state index is 12.2. The zero-order valence-corrected chi connectivity index (χ0v) is 14.6. The first-order valence-corrected chi connectivity index (χ1v) is 8.41. The van der Waals surface area contributed by atoms with Crippen molar-refractivity contribution in [3.63, 3.8) is 0 Å². The molecule has 11 nitrogen and oxygen atoms in total. The predicted molar refractivity (Wildman–Crippen MR) is 102 cm³/mol. The fourth-order valence-corrected chi connectivity index (χ4v) is 2.89. The molecule has 138 valence electrons. The predicted octanol–water partition coefficient (Wildman–Crippen LogP) is 1.43. The largest absolute Gasteiger partial charge is 0.318 e. The van der Waals surface area contributed by atoms with Crippen molar-refractivity contribution in [2.75, 3.05) is 5.32 Å². The highest BCUT2D eigenvalue weighted by molar-refractivity contribution is 5.96. The molecule has 1 aromatic carbocycles. The first-order chi connectivity index (χ1) is 14.2. The summed E-state index contributed by atoms with van der Waals surface area (Å²) in [5.74, 6) is 0.611. The number of aromatic nitrogens is 8. The Morgan fingerprint density at radius 1 is 1.17 bits per heavy atom. The van der Waals surface area contributed by atoms with Crippen LogP contribution in [-0.4, -0.2) is 39.7 Å². The smallest absolute Gasteiger partial charge is 0.295 e. The number of hydrogen-bond donors (Lipinski definition) is 2. The van der Waals surface area contributed by atoms with E-state index in [4.69, 9.17) is 0 Å². The molecular weight excluding hydrogens is 372 g/mol. The van der Waals surface area contributed by atoms with E-state index in [1.165, 1.54) is 23.1 Å². The third-order valence-corrected chi connectivity index (χ3v) is 4.20. The van der Waals surface area contributed by atoms with Crippen molar-refractivity contribution in [3.8, 4) is 17.5 Å². The first kappa shape index (κ1) is 16.5. The van der Waals surface area contributed by atoms with E-state index in [0.717, 1.165) is 0 Å². The van der Waals surface area contributed by atoms with Crippen LogP contribution in [0.25, 0.3) is 27.9 Å². The summed E-state index contributed by atoms with van der Waals surface area (Å²) in [5.41, 5.74) is 1.56. The van der Waals surface area contributed by atoms with E-state index in [1.807, 2.05) is 0 Å². The fraction of sp³-hybridized carbons (Fsp3) is 0. The van der Waals surface area contributed by atoms with Crippen LogP contribution >= 0.6 is 0 Å². The van der Waals surface area contributed by atoms with E-state index in [-0.39, 0.29) is 11.6 Å². The normalized spacial score (nSPS) is 10.9. The van der Waals surface area contributed by atoms with Gasteiger partial charge in [-0.15, -0.1) is 5.10 Å². The molecule has 0 fully saturated rings. The number of aromatic amines is 1. The molecule has 5 aromatic rings. The fourth-order valence-electron chi connectivity index (χ4n) is 2.89. The van der Waals surface area contributed by atoms with Crippen molar-refractivity contribution >= 4 is 28.2 Å². The van der Waals surface area contributed by atoms with Crippen molar-refractivity contribution in [1.82, 2.24) is 39.7 Å². The van der Waals surface area contributed by atoms with Gasteiger partial charge in [-0.1, -0.05) is 6.07 Å². The number of H-pyrrole nitrogens is 1. The molecule has 29 heavy (non-hydrogen) atoms. The minimum Gasteiger partial charge on any atom is -0.318 e. The van der Waals surface area contributed by atoms with Crippen molar-refractivity contribution in [3.05, 3.63) is 65.1 Å². The molecule has 0 saturated heterocycles. The third-order valence-electron chi connectivity index (χ3n) is 4.20. The van der Waals surface area contributed by atoms with Crippen LogP contribution in [0.5, 0.6) is 0 Å². The lowest BCUT2D eigenvalue weighted by Gasteiger charge is -2.08. The zero-order valence-electron chi connectivity index (χ0n) is 14.6. The summed E-state index contributed by atoms with van der Waals surface area (Å²) in [6.45, 7) is 0. The average Bonchev–Trinajstić information content (AvgIpc) is 3.38. The number of hydrogen-bond acceptors (Lipinski definition) is 9. The van der Waals surface area contributed by atoms with Crippen LogP contribution in [0.4, 0.5) is 11.6 Å². The maximum absolute atomic E-state index is 12.2. The van der Waals surface area contributed by atoms with Crippen molar-refractivity contribution in [2.24, 2.45) is 0 Å². The van der Waals surface area contributed by atoms with E-state index < -0.39 is 5.56 Å². The Hall–Kier alpha value is -4.72. The molecule has 4 aromatic heterocycles. The lowest BCUT2D eigenvalue weighted by molar-refractivity contribution is 0.947. The Bertz CT molecular complexity index is 1470. The van der Waals surface area contributed by atoms with E-state index in [1.54, 1.807) is 30.6 Å². The Labute approximate surface area is 161 Å². The monoisotopic (exact) mass is 382 g/mol. The summed E-state index contributed by atoms with van der Waals surface area (Å²) < 4.78 is 1.47. The van der Waals surface area contributed by atoms with Crippen LogP contribution in [-0.2, 0) is 0 Å². The molecule has 11 heteroatoms. The number of benzene rings is 1. The van der Waals surface area contributed by atoms with Crippen LogP contribution in [0.1, 0.15) is 5.56 Å². The highest BCUT2D eigenvalue weighted by atomic mass is 16.1. The van der Waals surface area contributed by atoms with Crippen molar-refractivity contribution < 1.29 is 0 Å². The van der Waals surface area contributed by atoms with Crippen LogP contribution in [0, 0.1) is 11.3 Å². The van der Waals surface area contributed by atoms with Gasteiger partial charge in [0.05, 0.1) is 29.0 Å². The lowest BCUT2D eigenvalue weighted by Crippen LogP contribution is -2.12. The number of nitrogens with one attached hydrogen (secondary N) is 2. The molecule has 0 spiro atoms. The number of fused-ring (bicyclic) bond motifs is 3. The van der Waals surface area contributed by atoms with Gasteiger partial charge in [0.1, 0.15) is 11.8 Å². The summed E-state index contributed by atoms with van der Waals surface area (Å²) in [6, 6.07) is 7.35. The molecule has 0 amide bonds. The second-order valence-corrected chi connectivity index (χ2v) is 5.96. The van der Waals surface area contributed by atoms with Gasteiger partial charge in [0.2, 0.25) is 5.95 Å². The van der Waals surface area contributed by atoms with Crippen LogP contribution in [0.15, 0.2) is 54.0 Å². The molecule has 2 N–H and O–H groups in total. The molecule has 0 bridgehead atoms. The minimum atomic E-state index is -0.513. The van der Waals surface area contributed by atoms with Gasteiger partial charge in [-0.2, -0.15) is 14.9 Å². The Morgan fingerprint density at radius 2 is 2.10 bits per heavy atom. The first-order valence-electron chi connectivity index (χ1n) is 8.41. The quantitative estimate of drug-likeness (QED) is 0.472. The summed E-state index contributed by atoms with van der Waals surface area (Å²) in [6.07, 6.45) is 7.31. The van der Waals surface area contributed by atoms with E-state index in [2.05, 4.69) is 46.6 Å². The standard InChI is InChI=1S/C18H10N10O/c19-6-10-2-1-3-12-14(10)25-18(24-13-9-20-4-5-21-17(13)29)28-16(12)26-15(27-28)11-7-22-23-8-11/h1-5,7-9H,(H,22,23)(H,21,24,25,29). The van der Waals surface area contributed by atoms with Crippen molar-refractivity contribution in [2.45, 2.75) is 0 Å². The van der Waals surface area contributed by atoms with Crippen LogP contribution in [0.2, 0.25) is 0 Å². The highest BCUT2D eigenvalue weighted by Gasteiger charge is 2.17. The molecule has 0 aliphatic heterocycles. The Kier molecular flexibility index (Phi) is 3.67. The average molecular weight is 382 g/mol. The molecule has 0 radical (unpaired) electrons. The van der Waals surface area contributed by atoms with Gasteiger partial charge in [-0.25, -0.2) is 15.0 Å². The summed E-state index contributed by atoms with van der Waals surface area (Å²) in [5, 5.41) is 24.2. The Balaban J connectivity index is 1.82. The molecule has 0 aliphatic carbocycles. The molecule has 0 aliphatic rings. The molecular formula is C18H10N10O. The van der Waals surface area contributed by atoms with Gasteiger partial charge < -0.3 is 5.32 Å². The molecule has 0 atom stereocenters. The number of nitriles is 1. The molecule has 0 unspecified atom stereocenters. The summed E-state index contributed by atoms with van der Waals surface area (Å²) in [4.78, 5) is 29.0. The van der Waals surface area contributed by atoms with Gasteiger partial charge in [-0.3, -0.25) is 14.9 Å². The van der Waals surface area contributed by atoms with E-state index in [9.17, 15) is 10.1 Å². The zero-order chi connectivity index (χ0) is 19.8. The molecule has 4 heterocycles. The summed E-state index contributed by atoms with van der Waals surface area (Å²) in [7, 11) is 0. The number of nitrogens with zero attached hydrogens (tertiary/aromatic N) is 8. The van der Waals surface area contributed by atoms with Gasteiger partial charge in [0.25, 0.3) is 5.56 Å². The van der Waals surface area contributed by atoms with Crippen LogP contribution < -0.4 is 10.9 Å². The van der Waals surface area contributed by atoms with Gasteiger partial charge in [0.15, 0.2) is 11.5 Å². The SMILES string of the molecule is N#Cc1cccc2c1nc(Nc1cnccnc1=O)n1nc(-c3cn[nH]c3)nc21.